The maximum atomic E-state index is 13.4. The van der Waals surface area contributed by atoms with Gasteiger partial charge in [0.2, 0.25) is 10.0 Å². The van der Waals surface area contributed by atoms with Crippen LogP contribution in [-0.2, 0) is 26.1 Å². The first-order chi connectivity index (χ1) is 17.1. The molecular formula is C24H20Cl3N3O5S. The van der Waals surface area contributed by atoms with Gasteiger partial charge in [-0.3, -0.25) is 4.79 Å². The number of nitrogens with zero attached hydrogens (tertiary/aromatic N) is 2. The molecule has 3 rings (SSSR count). The topological polar surface area (TPSA) is 105 Å². The highest BCUT2D eigenvalue weighted by molar-refractivity contribution is 7.89. The highest BCUT2D eigenvalue weighted by Gasteiger charge is 2.28. The number of hydrogen-bond acceptors (Lipinski definition) is 6. The monoisotopic (exact) mass is 567 g/mol. The third-order valence-corrected chi connectivity index (χ3v) is 7.67. The van der Waals surface area contributed by atoms with Gasteiger partial charge in [-0.15, -0.1) is 0 Å². The fraction of sp³-hybridized carbons (Fsp3) is 0.125. The first kappa shape index (κ1) is 27.6. The number of amides is 1. The molecule has 0 bridgehead atoms. The summed E-state index contributed by atoms with van der Waals surface area (Å²) in [4.78, 5) is 24.1. The van der Waals surface area contributed by atoms with E-state index < -0.39 is 28.4 Å². The van der Waals surface area contributed by atoms with E-state index in [1.807, 2.05) is 0 Å². The molecule has 1 amide bonds. The van der Waals surface area contributed by atoms with Gasteiger partial charge >= 0.3 is 5.97 Å². The van der Waals surface area contributed by atoms with Gasteiger partial charge in [0, 0.05) is 27.2 Å². The van der Waals surface area contributed by atoms with Crippen molar-refractivity contribution >= 4 is 62.9 Å². The van der Waals surface area contributed by atoms with Gasteiger partial charge in [0.05, 0.1) is 30.3 Å². The van der Waals surface area contributed by atoms with Gasteiger partial charge in [0.15, 0.2) is 0 Å². The number of esters is 1. The normalized spacial score (nSPS) is 11.6. The van der Waals surface area contributed by atoms with Gasteiger partial charge in [-0.1, -0.05) is 53.0 Å². The van der Waals surface area contributed by atoms with Crippen molar-refractivity contribution in [3.63, 3.8) is 0 Å². The lowest BCUT2D eigenvalue weighted by Gasteiger charge is -2.22. The Bertz CT molecular complexity index is 1360. The summed E-state index contributed by atoms with van der Waals surface area (Å²) in [6.45, 7) is -0.819. The van der Waals surface area contributed by atoms with E-state index in [4.69, 9.17) is 34.8 Å². The summed E-state index contributed by atoms with van der Waals surface area (Å²) in [6.07, 6.45) is 1.35. The quantitative estimate of drug-likeness (QED) is 0.227. The lowest BCUT2D eigenvalue weighted by molar-refractivity contribution is -0.121. The van der Waals surface area contributed by atoms with Gasteiger partial charge in [0.1, 0.15) is 0 Å². The zero-order valence-corrected chi connectivity index (χ0v) is 21.9. The number of carbonyl (C=O) groups is 2. The van der Waals surface area contributed by atoms with Crippen molar-refractivity contribution in [3.05, 3.63) is 98.5 Å². The molecule has 0 saturated heterocycles. The van der Waals surface area contributed by atoms with E-state index in [1.54, 1.807) is 42.5 Å². The van der Waals surface area contributed by atoms with Crippen molar-refractivity contribution in [2.45, 2.75) is 11.4 Å². The average molecular weight is 569 g/mol. The van der Waals surface area contributed by atoms with Crippen molar-refractivity contribution in [1.29, 1.82) is 0 Å². The first-order valence-corrected chi connectivity index (χ1v) is 12.9. The van der Waals surface area contributed by atoms with E-state index in [-0.39, 0.29) is 21.5 Å². The molecule has 0 atom stereocenters. The first-order valence-electron chi connectivity index (χ1n) is 10.3. The van der Waals surface area contributed by atoms with E-state index in [0.717, 1.165) is 4.31 Å². The van der Waals surface area contributed by atoms with Crippen LogP contribution < -0.4 is 5.43 Å². The molecule has 36 heavy (non-hydrogen) atoms. The third kappa shape index (κ3) is 7.05. The van der Waals surface area contributed by atoms with Gasteiger partial charge in [-0.2, -0.15) is 9.41 Å². The summed E-state index contributed by atoms with van der Waals surface area (Å²) in [7, 11) is -2.86. The van der Waals surface area contributed by atoms with E-state index in [2.05, 4.69) is 15.3 Å². The molecule has 0 aliphatic carbocycles. The number of methoxy groups -OCH3 is 1. The molecule has 0 radical (unpaired) electrons. The van der Waals surface area contributed by atoms with Crippen LogP contribution in [0.15, 0.2) is 76.7 Å². The molecule has 3 aromatic rings. The summed E-state index contributed by atoms with van der Waals surface area (Å²) in [6, 6.07) is 16.6. The van der Waals surface area contributed by atoms with E-state index >= 15 is 0 Å². The van der Waals surface area contributed by atoms with Gasteiger partial charge in [-0.25, -0.2) is 18.6 Å². The maximum Gasteiger partial charge on any atom is 0.337 e. The number of rotatable bonds is 9. The number of hydrogen-bond donors (Lipinski definition) is 1. The fourth-order valence-corrected chi connectivity index (χ4v) is 5.05. The van der Waals surface area contributed by atoms with Gasteiger partial charge in [0.25, 0.3) is 5.91 Å². The fourth-order valence-electron chi connectivity index (χ4n) is 3.04. The number of hydrazone groups is 1. The molecule has 0 aliphatic heterocycles. The number of benzene rings is 3. The van der Waals surface area contributed by atoms with Crippen LogP contribution in [0.1, 0.15) is 21.5 Å². The van der Waals surface area contributed by atoms with E-state index in [1.165, 1.54) is 37.6 Å². The smallest absolute Gasteiger partial charge is 0.337 e. The Morgan fingerprint density at radius 2 is 1.58 bits per heavy atom. The lowest BCUT2D eigenvalue weighted by atomic mass is 10.1. The largest absolute Gasteiger partial charge is 0.465 e. The Morgan fingerprint density at radius 3 is 2.17 bits per heavy atom. The summed E-state index contributed by atoms with van der Waals surface area (Å²) in [5.74, 6) is -1.18. The SMILES string of the molecule is COC(=O)c1ccc(/C=N\NC(=O)CN(Cc2c(Cl)cccc2Cl)S(=O)(=O)c2ccc(Cl)cc2)cc1. The molecule has 0 unspecified atom stereocenters. The van der Waals surface area contributed by atoms with Crippen LogP contribution in [0.25, 0.3) is 0 Å². The van der Waals surface area contributed by atoms with Gasteiger partial charge < -0.3 is 4.74 Å². The second-order valence-electron chi connectivity index (χ2n) is 7.33. The van der Waals surface area contributed by atoms with Crippen molar-refractivity contribution < 1.29 is 22.7 Å². The Kier molecular flexibility index (Phi) is 9.47. The molecule has 8 nitrogen and oxygen atoms in total. The molecule has 0 fully saturated rings. The van der Waals surface area contributed by atoms with Gasteiger partial charge in [-0.05, 0) is 54.1 Å². The Hall–Kier alpha value is -2.95. The summed E-state index contributed by atoms with van der Waals surface area (Å²) in [5.41, 5.74) is 3.61. The van der Waals surface area contributed by atoms with Crippen LogP contribution in [0.5, 0.6) is 0 Å². The Balaban J connectivity index is 1.79. The summed E-state index contributed by atoms with van der Waals surface area (Å²) in [5, 5.41) is 4.74. The van der Waals surface area contributed by atoms with Crippen LogP contribution >= 0.6 is 34.8 Å². The van der Waals surface area contributed by atoms with Crippen LogP contribution in [-0.4, -0.2) is 44.5 Å². The molecule has 0 spiro atoms. The zero-order valence-electron chi connectivity index (χ0n) is 18.8. The minimum Gasteiger partial charge on any atom is -0.465 e. The minimum atomic E-state index is -4.14. The van der Waals surface area contributed by atoms with Crippen LogP contribution in [0.2, 0.25) is 15.1 Å². The molecule has 188 valence electrons. The van der Waals surface area contributed by atoms with Crippen molar-refractivity contribution in [3.8, 4) is 0 Å². The van der Waals surface area contributed by atoms with Crippen molar-refractivity contribution in [1.82, 2.24) is 9.73 Å². The highest BCUT2D eigenvalue weighted by atomic mass is 35.5. The zero-order chi connectivity index (χ0) is 26.3. The standard InChI is InChI=1S/C24H20Cl3N3O5S/c1-35-24(32)17-7-5-16(6-8-17)13-28-29-23(31)15-30(14-20-21(26)3-2-4-22(20)27)36(33,34)19-11-9-18(25)10-12-19/h2-13H,14-15H2,1H3,(H,29,31)/b28-13-. The second kappa shape index (κ2) is 12.3. The number of halogens is 3. The molecule has 0 saturated carbocycles. The predicted molar refractivity (Wildman–Crippen MR) is 139 cm³/mol. The number of sulfonamides is 1. The summed E-state index contributed by atoms with van der Waals surface area (Å²) < 4.78 is 32.3. The molecule has 12 heteroatoms. The average Bonchev–Trinajstić information content (AvgIpc) is 2.85. The third-order valence-electron chi connectivity index (χ3n) is 4.90. The number of carbonyl (C=O) groups excluding carboxylic acids is 2. The highest BCUT2D eigenvalue weighted by Crippen LogP contribution is 2.28. The molecule has 0 aromatic heterocycles. The second-order valence-corrected chi connectivity index (χ2v) is 10.5. The Morgan fingerprint density at radius 1 is 0.972 bits per heavy atom. The van der Waals surface area contributed by atoms with Crippen LogP contribution in [0.4, 0.5) is 0 Å². The lowest BCUT2D eigenvalue weighted by Crippen LogP contribution is -2.39. The molecule has 3 aromatic carbocycles. The predicted octanol–water partition coefficient (Wildman–Crippen LogP) is 4.77. The number of ether oxygens (including phenoxy) is 1. The molecule has 1 N–H and O–H groups in total. The minimum absolute atomic E-state index is 0.0583. The van der Waals surface area contributed by atoms with Crippen molar-refractivity contribution in [2.75, 3.05) is 13.7 Å². The van der Waals surface area contributed by atoms with E-state index in [9.17, 15) is 18.0 Å². The molecule has 0 heterocycles. The molecule has 0 aliphatic rings. The van der Waals surface area contributed by atoms with Crippen molar-refractivity contribution in [2.24, 2.45) is 5.10 Å². The molecular weight excluding hydrogens is 549 g/mol. The van der Waals surface area contributed by atoms with E-state index in [0.29, 0.717) is 21.7 Å². The van der Waals surface area contributed by atoms with Crippen LogP contribution in [0.3, 0.4) is 0 Å². The van der Waals surface area contributed by atoms with Crippen LogP contribution in [0, 0.1) is 0 Å². The maximum absolute atomic E-state index is 13.4. The summed E-state index contributed by atoms with van der Waals surface area (Å²) >= 11 is 18.4. The number of nitrogens with one attached hydrogen (secondary N) is 1. The Labute approximate surface area is 223 Å².